The van der Waals surface area contributed by atoms with Gasteiger partial charge in [0.1, 0.15) is 11.6 Å². The number of rotatable bonds is 3. The first kappa shape index (κ1) is 23.6. The van der Waals surface area contributed by atoms with Crippen molar-refractivity contribution < 1.29 is 18.3 Å². The van der Waals surface area contributed by atoms with E-state index >= 15 is 0 Å². The van der Waals surface area contributed by atoms with Gasteiger partial charge in [0.2, 0.25) is 0 Å². The first-order chi connectivity index (χ1) is 16.5. The van der Waals surface area contributed by atoms with Crippen molar-refractivity contribution in [1.82, 2.24) is 14.9 Å². The van der Waals surface area contributed by atoms with Gasteiger partial charge < -0.3 is 15.0 Å². The number of nitrogens with one attached hydrogen (secondary N) is 1. The largest absolute Gasteiger partial charge is 0.493 e. The molecule has 6 nitrogen and oxygen atoms in total. The third kappa shape index (κ3) is 4.34. The minimum absolute atomic E-state index is 0.143. The Kier molecular flexibility index (Phi) is 5.73. The standard InChI is InChI=1S/C27H32F2N4O2/c1-17-15-21-23(26(2,3)4)19(16-30-33(21)25(17)32-12-10-27(28,29)11-13-32)24(34)31-20-9-14-35-22-8-6-5-7-18(20)22/h5-8,15-16,20H,9-14H2,1-4H3,(H,31,34)/t20-/m0/s1. The number of para-hydroxylation sites is 1. The van der Waals surface area contributed by atoms with Crippen LogP contribution in [0.25, 0.3) is 5.52 Å². The predicted molar refractivity (Wildman–Crippen MR) is 132 cm³/mol. The van der Waals surface area contributed by atoms with Crippen LogP contribution in [0.2, 0.25) is 0 Å². The molecule has 8 heteroatoms. The maximum atomic E-state index is 13.8. The molecule has 186 valence electrons. The quantitative estimate of drug-likeness (QED) is 0.541. The number of alkyl halides is 2. The number of aromatic nitrogens is 2. The molecule has 2 aromatic heterocycles. The van der Waals surface area contributed by atoms with Crippen LogP contribution in [0.15, 0.2) is 36.5 Å². The van der Waals surface area contributed by atoms with E-state index in [1.807, 2.05) is 46.7 Å². The second-order valence-corrected chi connectivity index (χ2v) is 10.7. The van der Waals surface area contributed by atoms with E-state index in [2.05, 4.69) is 31.2 Å². The van der Waals surface area contributed by atoms with Crippen LogP contribution in [-0.2, 0) is 5.41 Å². The predicted octanol–water partition coefficient (Wildman–Crippen LogP) is 5.43. The molecular formula is C27H32F2N4O2. The van der Waals surface area contributed by atoms with E-state index in [-0.39, 0.29) is 43.3 Å². The Bertz CT molecular complexity index is 1270. The lowest BCUT2D eigenvalue weighted by Gasteiger charge is -2.33. The van der Waals surface area contributed by atoms with Crippen LogP contribution in [0.1, 0.15) is 73.1 Å². The summed E-state index contributed by atoms with van der Waals surface area (Å²) in [6.07, 6.45) is 1.98. The van der Waals surface area contributed by atoms with Crippen molar-refractivity contribution in [2.45, 2.75) is 64.3 Å². The van der Waals surface area contributed by atoms with Gasteiger partial charge >= 0.3 is 0 Å². The summed E-state index contributed by atoms with van der Waals surface area (Å²) in [4.78, 5) is 15.6. The van der Waals surface area contributed by atoms with Crippen LogP contribution < -0.4 is 15.0 Å². The fraction of sp³-hybridized carbons (Fsp3) is 0.481. The van der Waals surface area contributed by atoms with E-state index in [1.165, 1.54) is 0 Å². The first-order valence-corrected chi connectivity index (χ1v) is 12.2. The number of halogens is 2. The highest BCUT2D eigenvalue weighted by Gasteiger charge is 2.36. The van der Waals surface area contributed by atoms with E-state index in [9.17, 15) is 13.6 Å². The van der Waals surface area contributed by atoms with Gasteiger partial charge in [-0.2, -0.15) is 5.10 Å². The number of aryl methyl sites for hydroxylation is 1. The molecule has 1 fully saturated rings. The van der Waals surface area contributed by atoms with Crippen LogP contribution in [0.5, 0.6) is 5.75 Å². The number of anilines is 1. The normalized spacial score (nSPS) is 19.8. The summed E-state index contributed by atoms with van der Waals surface area (Å²) in [5.41, 5.74) is 3.85. The van der Waals surface area contributed by atoms with Crippen molar-refractivity contribution >= 4 is 17.2 Å². The third-order valence-electron chi connectivity index (χ3n) is 7.02. The Balaban J connectivity index is 1.53. The lowest BCUT2D eigenvalue weighted by atomic mass is 9.83. The molecule has 0 radical (unpaired) electrons. The number of hydrogen-bond acceptors (Lipinski definition) is 4. The molecule has 0 spiro atoms. The van der Waals surface area contributed by atoms with E-state index < -0.39 is 5.92 Å². The molecular weight excluding hydrogens is 450 g/mol. The molecule has 1 saturated heterocycles. The van der Waals surface area contributed by atoms with Gasteiger partial charge in [-0.15, -0.1) is 0 Å². The number of carbonyl (C=O) groups excluding carboxylic acids is 1. The number of piperidine rings is 1. The monoisotopic (exact) mass is 482 g/mol. The van der Waals surface area contributed by atoms with Crippen molar-refractivity contribution in [3.8, 4) is 5.75 Å². The first-order valence-electron chi connectivity index (χ1n) is 12.2. The van der Waals surface area contributed by atoms with Gasteiger partial charge in [-0.3, -0.25) is 4.79 Å². The molecule has 5 rings (SSSR count). The van der Waals surface area contributed by atoms with Gasteiger partial charge in [0.05, 0.1) is 29.9 Å². The second kappa shape index (κ2) is 8.50. The molecule has 0 bridgehead atoms. The summed E-state index contributed by atoms with van der Waals surface area (Å²) in [7, 11) is 0. The smallest absolute Gasteiger partial charge is 0.253 e. The average Bonchev–Trinajstić information content (AvgIpc) is 3.13. The number of hydrogen-bond donors (Lipinski definition) is 1. The van der Waals surface area contributed by atoms with E-state index in [0.29, 0.717) is 18.6 Å². The highest BCUT2D eigenvalue weighted by Crippen LogP contribution is 2.38. The molecule has 2 aliphatic heterocycles. The van der Waals surface area contributed by atoms with Gasteiger partial charge in [-0.25, -0.2) is 13.3 Å². The van der Waals surface area contributed by atoms with Crippen LogP contribution in [0.4, 0.5) is 14.6 Å². The number of benzene rings is 1. The molecule has 1 aromatic carbocycles. The minimum atomic E-state index is -2.62. The lowest BCUT2D eigenvalue weighted by Crippen LogP contribution is -2.40. The van der Waals surface area contributed by atoms with E-state index in [4.69, 9.17) is 4.74 Å². The summed E-state index contributed by atoms with van der Waals surface area (Å²) in [6, 6.07) is 9.66. The van der Waals surface area contributed by atoms with Crippen LogP contribution in [-0.4, -0.2) is 41.1 Å². The van der Waals surface area contributed by atoms with Crippen molar-refractivity contribution in [3.05, 3.63) is 58.8 Å². The second-order valence-electron chi connectivity index (χ2n) is 10.7. The number of carbonyl (C=O) groups is 1. The number of nitrogens with zero attached hydrogens (tertiary/aromatic N) is 3. The summed E-state index contributed by atoms with van der Waals surface area (Å²) in [5.74, 6) is -1.17. The Morgan fingerprint density at radius 2 is 1.91 bits per heavy atom. The van der Waals surface area contributed by atoms with Crippen molar-refractivity contribution in [1.29, 1.82) is 0 Å². The Morgan fingerprint density at radius 3 is 2.63 bits per heavy atom. The lowest BCUT2D eigenvalue weighted by molar-refractivity contribution is -0.0222. The fourth-order valence-corrected chi connectivity index (χ4v) is 5.34. The number of ether oxygens (including phenoxy) is 1. The van der Waals surface area contributed by atoms with Gasteiger partial charge in [0.25, 0.3) is 11.8 Å². The summed E-state index contributed by atoms with van der Waals surface area (Å²) < 4.78 is 35.1. The van der Waals surface area contributed by atoms with Crippen molar-refractivity contribution in [2.75, 3.05) is 24.6 Å². The zero-order chi connectivity index (χ0) is 25.0. The molecule has 2 aliphatic rings. The summed E-state index contributed by atoms with van der Waals surface area (Å²) in [5, 5.41) is 7.85. The van der Waals surface area contributed by atoms with Crippen LogP contribution in [0, 0.1) is 6.92 Å². The third-order valence-corrected chi connectivity index (χ3v) is 7.02. The average molecular weight is 483 g/mol. The molecule has 1 atom stereocenters. The maximum absolute atomic E-state index is 13.8. The maximum Gasteiger partial charge on any atom is 0.253 e. The highest BCUT2D eigenvalue weighted by atomic mass is 19.3. The molecule has 35 heavy (non-hydrogen) atoms. The number of amides is 1. The SMILES string of the molecule is Cc1cc2c(C(C)(C)C)c(C(=O)N[C@H]3CCOc4ccccc43)cnn2c1N1CCC(F)(F)CC1. The van der Waals surface area contributed by atoms with Gasteiger partial charge in [0, 0.05) is 37.9 Å². The molecule has 1 N–H and O–H groups in total. The van der Waals surface area contributed by atoms with Gasteiger partial charge in [-0.05, 0) is 35.6 Å². The minimum Gasteiger partial charge on any atom is -0.493 e. The Morgan fingerprint density at radius 1 is 1.20 bits per heavy atom. The Labute approximate surface area is 204 Å². The van der Waals surface area contributed by atoms with Crippen LogP contribution >= 0.6 is 0 Å². The number of fused-ring (bicyclic) bond motifs is 2. The molecule has 0 aliphatic carbocycles. The van der Waals surface area contributed by atoms with E-state index in [1.54, 1.807) is 6.20 Å². The van der Waals surface area contributed by atoms with E-state index in [0.717, 1.165) is 33.8 Å². The van der Waals surface area contributed by atoms with Crippen molar-refractivity contribution in [2.24, 2.45) is 0 Å². The van der Waals surface area contributed by atoms with Crippen molar-refractivity contribution in [3.63, 3.8) is 0 Å². The zero-order valence-electron chi connectivity index (χ0n) is 20.7. The molecule has 0 unspecified atom stereocenters. The zero-order valence-corrected chi connectivity index (χ0v) is 20.7. The molecule has 3 aromatic rings. The van der Waals surface area contributed by atoms with Gasteiger partial charge in [0.15, 0.2) is 0 Å². The summed E-state index contributed by atoms with van der Waals surface area (Å²) >= 11 is 0. The molecule has 0 saturated carbocycles. The fourth-order valence-electron chi connectivity index (χ4n) is 5.34. The Hall–Kier alpha value is -3.16. The van der Waals surface area contributed by atoms with Gasteiger partial charge in [-0.1, -0.05) is 39.0 Å². The van der Waals surface area contributed by atoms with Crippen LogP contribution in [0.3, 0.4) is 0 Å². The summed E-state index contributed by atoms with van der Waals surface area (Å²) in [6.45, 7) is 9.30. The molecule has 1 amide bonds. The molecule has 4 heterocycles. The topological polar surface area (TPSA) is 58.9 Å². The highest BCUT2D eigenvalue weighted by molar-refractivity contribution is 5.98.